The highest BCUT2D eigenvalue weighted by Gasteiger charge is 2.19. The van der Waals surface area contributed by atoms with Gasteiger partial charge in [-0.2, -0.15) is 0 Å². The summed E-state index contributed by atoms with van der Waals surface area (Å²) in [7, 11) is -2.12. The first-order valence-corrected chi connectivity index (χ1v) is 6.90. The van der Waals surface area contributed by atoms with Crippen LogP contribution in [0.5, 0.6) is 0 Å². The molecule has 18 heavy (non-hydrogen) atoms. The van der Waals surface area contributed by atoms with Crippen molar-refractivity contribution in [3.05, 3.63) is 18.2 Å². The molecule has 1 aromatic carbocycles. The molecule has 0 heterocycles. The second kappa shape index (κ2) is 5.13. The fourth-order valence-electron chi connectivity index (χ4n) is 1.59. The second-order valence-corrected chi connectivity index (χ2v) is 6.30. The van der Waals surface area contributed by atoms with E-state index in [1.807, 2.05) is 13.8 Å². The third-order valence-corrected chi connectivity index (χ3v) is 3.24. The van der Waals surface area contributed by atoms with Crippen molar-refractivity contribution in [1.82, 2.24) is 0 Å². The van der Waals surface area contributed by atoms with E-state index in [2.05, 4.69) is 5.32 Å². The van der Waals surface area contributed by atoms with E-state index in [1.165, 1.54) is 12.1 Å². The summed E-state index contributed by atoms with van der Waals surface area (Å²) < 4.78 is 27.4. The normalized spacial score (nSPS) is 12.4. The summed E-state index contributed by atoms with van der Waals surface area (Å²) in [5, 5.41) is 8.21. The molecule has 0 atom stereocenters. The molecular formula is C11H19N3O3S. The predicted octanol–water partition coefficient (Wildman–Crippen LogP) is 0.753. The molecule has 0 aliphatic heterocycles. The van der Waals surface area contributed by atoms with E-state index in [-0.39, 0.29) is 10.4 Å². The highest BCUT2D eigenvalue weighted by Crippen LogP contribution is 2.25. The van der Waals surface area contributed by atoms with Gasteiger partial charge < -0.3 is 15.8 Å². The Balaban J connectivity index is 3.00. The minimum Gasteiger partial charge on any atom is -0.397 e. The zero-order valence-electron chi connectivity index (χ0n) is 10.7. The van der Waals surface area contributed by atoms with Gasteiger partial charge in [0.1, 0.15) is 0 Å². The van der Waals surface area contributed by atoms with Gasteiger partial charge in [0.15, 0.2) is 0 Å². The van der Waals surface area contributed by atoms with Crippen molar-refractivity contribution in [1.29, 1.82) is 0 Å². The highest BCUT2D eigenvalue weighted by atomic mass is 32.2. The van der Waals surface area contributed by atoms with Crippen LogP contribution in [-0.2, 0) is 14.8 Å². The first kappa shape index (κ1) is 14.7. The van der Waals surface area contributed by atoms with Crippen LogP contribution in [0.4, 0.5) is 11.4 Å². The van der Waals surface area contributed by atoms with Gasteiger partial charge >= 0.3 is 0 Å². The molecule has 0 spiro atoms. The van der Waals surface area contributed by atoms with Crippen LogP contribution in [0.2, 0.25) is 0 Å². The molecule has 102 valence electrons. The molecule has 0 aliphatic carbocycles. The lowest BCUT2D eigenvalue weighted by Gasteiger charge is -2.27. The van der Waals surface area contributed by atoms with Crippen LogP contribution in [0.1, 0.15) is 13.8 Å². The first-order chi connectivity index (χ1) is 8.15. The topological polar surface area (TPSA) is 107 Å². The zero-order valence-corrected chi connectivity index (χ0v) is 11.5. The summed E-state index contributed by atoms with van der Waals surface area (Å²) in [6, 6.07) is 4.34. The lowest BCUT2D eigenvalue weighted by atomic mass is 10.1. The quantitative estimate of drug-likeness (QED) is 0.686. The van der Waals surface area contributed by atoms with Crippen molar-refractivity contribution in [2.24, 2.45) is 5.14 Å². The molecule has 0 aliphatic rings. The van der Waals surface area contributed by atoms with Crippen LogP contribution in [0.15, 0.2) is 23.1 Å². The molecule has 5 N–H and O–H groups in total. The van der Waals surface area contributed by atoms with Crippen molar-refractivity contribution in [2.45, 2.75) is 24.3 Å². The van der Waals surface area contributed by atoms with Gasteiger partial charge in [0.05, 0.1) is 28.4 Å². The van der Waals surface area contributed by atoms with Crippen molar-refractivity contribution in [3.63, 3.8) is 0 Å². The van der Waals surface area contributed by atoms with Crippen LogP contribution in [-0.4, -0.2) is 27.7 Å². The number of benzene rings is 1. The third-order valence-electron chi connectivity index (χ3n) is 2.33. The number of anilines is 2. The second-order valence-electron chi connectivity index (χ2n) is 4.74. The summed E-state index contributed by atoms with van der Waals surface area (Å²) >= 11 is 0. The maximum atomic E-state index is 11.2. The predicted molar refractivity (Wildman–Crippen MR) is 71.8 cm³/mol. The summed E-state index contributed by atoms with van der Waals surface area (Å²) in [5.41, 5.74) is 6.45. The number of hydrogen-bond acceptors (Lipinski definition) is 5. The van der Waals surface area contributed by atoms with Crippen molar-refractivity contribution in [2.75, 3.05) is 24.8 Å². The maximum absolute atomic E-state index is 11.2. The number of methoxy groups -OCH3 is 1. The Bertz CT molecular complexity index is 526. The molecule has 1 aromatic rings. The van der Waals surface area contributed by atoms with E-state index >= 15 is 0 Å². The molecule has 7 heteroatoms. The lowest BCUT2D eigenvalue weighted by molar-refractivity contribution is 0.158. The average molecular weight is 273 g/mol. The maximum Gasteiger partial charge on any atom is 0.238 e. The minimum atomic E-state index is -3.73. The Morgan fingerprint density at radius 1 is 1.39 bits per heavy atom. The molecule has 6 nitrogen and oxygen atoms in total. The van der Waals surface area contributed by atoms with E-state index in [4.69, 9.17) is 15.6 Å². The summed E-state index contributed by atoms with van der Waals surface area (Å²) in [6.07, 6.45) is 0. The third kappa shape index (κ3) is 3.86. The molecule has 0 aromatic heterocycles. The molecule has 0 fully saturated rings. The smallest absolute Gasteiger partial charge is 0.238 e. The molecule has 0 saturated carbocycles. The Kier molecular flexibility index (Phi) is 4.20. The van der Waals surface area contributed by atoms with Crippen molar-refractivity contribution >= 4 is 21.4 Å². The number of hydrogen-bond donors (Lipinski definition) is 3. The van der Waals surface area contributed by atoms with Gasteiger partial charge in [-0.15, -0.1) is 0 Å². The van der Waals surface area contributed by atoms with Crippen LogP contribution in [0, 0.1) is 0 Å². The lowest BCUT2D eigenvalue weighted by Crippen LogP contribution is -2.36. The highest BCUT2D eigenvalue weighted by molar-refractivity contribution is 7.89. The average Bonchev–Trinajstić information content (AvgIpc) is 2.19. The molecular weight excluding hydrogens is 254 g/mol. The van der Waals surface area contributed by atoms with Gasteiger partial charge in [0.25, 0.3) is 0 Å². The van der Waals surface area contributed by atoms with Gasteiger partial charge in [-0.05, 0) is 32.0 Å². The molecule has 0 amide bonds. The van der Waals surface area contributed by atoms with Gasteiger partial charge in [-0.3, -0.25) is 0 Å². The number of nitrogens with one attached hydrogen (secondary N) is 1. The SMILES string of the molecule is COCC(C)(C)Nc1ccc(S(N)(=O)=O)cc1N. The van der Waals surface area contributed by atoms with E-state index < -0.39 is 10.0 Å². The number of ether oxygens (including phenoxy) is 1. The number of primary sulfonamides is 1. The largest absolute Gasteiger partial charge is 0.397 e. The number of sulfonamides is 1. The molecule has 0 bridgehead atoms. The Morgan fingerprint density at radius 2 is 2.00 bits per heavy atom. The minimum absolute atomic E-state index is 0.00454. The van der Waals surface area contributed by atoms with E-state index in [9.17, 15) is 8.42 Å². The van der Waals surface area contributed by atoms with Gasteiger partial charge in [-0.25, -0.2) is 13.6 Å². The number of nitrogen functional groups attached to an aromatic ring is 1. The van der Waals surface area contributed by atoms with Crippen molar-refractivity contribution < 1.29 is 13.2 Å². The Morgan fingerprint density at radius 3 is 2.44 bits per heavy atom. The first-order valence-electron chi connectivity index (χ1n) is 5.35. The van der Waals surface area contributed by atoms with Gasteiger partial charge in [-0.1, -0.05) is 0 Å². The standard InChI is InChI=1S/C11H19N3O3S/c1-11(2,7-17-3)14-10-5-4-8(6-9(10)12)18(13,15)16/h4-6,14H,7,12H2,1-3H3,(H2,13,15,16). The Hall–Kier alpha value is -1.31. The van der Waals surface area contributed by atoms with Gasteiger partial charge in [0, 0.05) is 7.11 Å². The van der Waals surface area contributed by atoms with Gasteiger partial charge in [0.2, 0.25) is 10.0 Å². The fraction of sp³-hybridized carbons (Fsp3) is 0.455. The summed E-state index contributed by atoms with van der Waals surface area (Å²) in [5.74, 6) is 0. The zero-order chi connectivity index (χ0) is 14.0. The van der Waals surface area contributed by atoms with E-state index in [0.29, 0.717) is 18.0 Å². The molecule has 0 radical (unpaired) electrons. The molecule has 1 rings (SSSR count). The van der Waals surface area contributed by atoms with Crippen molar-refractivity contribution in [3.8, 4) is 0 Å². The molecule has 0 saturated heterocycles. The van der Waals surface area contributed by atoms with Crippen LogP contribution in [0.25, 0.3) is 0 Å². The Labute approximate surface area is 107 Å². The number of rotatable bonds is 5. The summed E-state index contributed by atoms with van der Waals surface area (Å²) in [6.45, 7) is 4.39. The summed E-state index contributed by atoms with van der Waals surface area (Å²) in [4.78, 5) is -0.00454. The van der Waals surface area contributed by atoms with Crippen LogP contribution >= 0.6 is 0 Å². The van der Waals surface area contributed by atoms with E-state index in [1.54, 1.807) is 13.2 Å². The molecule has 0 unspecified atom stereocenters. The van der Waals surface area contributed by atoms with Crippen LogP contribution < -0.4 is 16.2 Å². The fourth-order valence-corrected chi connectivity index (χ4v) is 2.14. The monoisotopic (exact) mass is 273 g/mol. The number of nitrogens with two attached hydrogens (primary N) is 2. The van der Waals surface area contributed by atoms with Crippen LogP contribution in [0.3, 0.4) is 0 Å². The van der Waals surface area contributed by atoms with E-state index in [0.717, 1.165) is 0 Å².